The van der Waals surface area contributed by atoms with Gasteiger partial charge >= 0.3 is 5.97 Å². The number of halogens is 1. The number of rotatable bonds is 2. The molecule has 0 amide bonds. The van der Waals surface area contributed by atoms with Gasteiger partial charge in [-0.25, -0.2) is 0 Å². The molecule has 0 unspecified atom stereocenters. The van der Waals surface area contributed by atoms with E-state index in [1.807, 2.05) is 0 Å². The van der Waals surface area contributed by atoms with Gasteiger partial charge in [-0.05, 0) is 12.1 Å². The van der Waals surface area contributed by atoms with Crippen LogP contribution in [0.3, 0.4) is 0 Å². The summed E-state index contributed by atoms with van der Waals surface area (Å²) in [6.45, 7) is 0. The van der Waals surface area contributed by atoms with Crippen LogP contribution in [0.1, 0.15) is 0 Å². The van der Waals surface area contributed by atoms with Crippen LogP contribution in [0.5, 0.6) is 5.75 Å². The molecule has 1 rings (SSSR count). The molecule has 0 aliphatic heterocycles. The van der Waals surface area contributed by atoms with E-state index in [0.29, 0.717) is 11.4 Å². The number of nitrogens with two attached hydrogens (primary N) is 1. The summed E-state index contributed by atoms with van der Waals surface area (Å²) in [6.07, 6.45) is 0. The summed E-state index contributed by atoms with van der Waals surface area (Å²) in [5.41, 5.74) is 5.93. The Bertz CT molecular complexity index is 288. The lowest BCUT2D eigenvalue weighted by Crippen LogP contribution is -2.10. The van der Waals surface area contributed by atoms with Gasteiger partial charge in [-0.15, -0.1) is 11.6 Å². The van der Waals surface area contributed by atoms with Crippen LogP contribution in [0.15, 0.2) is 24.3 Å². The quantitative estimate of drug-likeness (QED) is 0.328. The van der Waals surface area contributed by atoms with E-state index in [2.05, 4.69) is 0 Å². The third-order valence-corrected chi connectivity index (χ3v) is 1.47. The van der Waals surface area contributed by atoms with Gasteiger partial charge in [0, 0.05) is 0 Å². The first-order valence-corrected chi connectivity index (χ1v) is 3.88. The molecule has 4 heteroatoms. The van der Waals surface area contributed by atoms with Crippen LogP contribution in [0, 0.1) is 0 Å². The molecule has 1 aromatic rings. The molecule has 64 valence electrons. The largest absolute Gasteiger partial charge is 0.423 e. The number of hydrogen-bond acceptors (Lipinski definition) is 3. The van der Waals surface area contributed by atoms with E-state index in [1.54, 1.807) is 24.3 Å². The highest BCUT2D eigenvalue weighted by Crippen LogP contribution is 2.19. The predicted octanol–water partition coefficient (Wildman–Crippen LogP) is 1.41. The Labute approximate surface area is 75.1 Å². The van der Waals surface area contributed by atoms with Crippen LogP contribution in [-0.2, 0) is 4.79 Å². The van der Waals surface area contributed by atoms with Crippen molar-refractivity contribution in [2.45, 2.75) is 0 Å². The first-order valence-electron chi connectivity index (χ1n) is 3.35. The first-order chi connectivity index (χ1) is 5.74. The topological polar surface area (TPSA) is 52.3 Å². The molecule has 3 nitrogen and oxygen atoms in total. The van der Waals surface area contributed by atoms with Crippen molar-refractivity contribution in [1.29, 1.82) is 0 Å². The number of carbonyl (C=O) groups is 1. The van der Waals surface area contributed by atoms with Gasteiger partial charge in [0.15, 0.2) is 5.75 Å². The van der Waals surface area contributed by atoms with Crippen LogP contribution < -0.4 is 10.5 Å². The molecule has 1 aromatic carbocycles. The number of alkyl halides is 1. The fraction of sp³-hybridized carbons (Fsp3) is 0.125. The van der Waals surface area contributed by atoms with Crippen molar-refractivity contribution >= 4 is 23.3 Å². The van der Waals surface area contributed by atoms with E-state index < -0.39 is 5.97 Å². The summed E-state index contributed by atoms with van der Waals surface area (Å²) in [7, 11) is 0. The van der Waals surface area contributed by atoms with Crippen molar-refractivity contribution in [2.24, 2.45) is 0 Å². The highest BCUT2D eigenvalue weighted by molar-refractivity contribution is 6.26. The summed E-state index contributed by atoms with van der Waals surface area (Å²) >= 11 is 5.24. The average molecular weight is 186 g/mol. The lowest BCUT2D eigenvalue weighted by Gasteiger charge is -2.03. The van der Waals surface area contributed by atoms with Crippen molar-refractivity contribution in [1.82, 2.24) is 0 Å². The van der Waals surface area contributed by atoms with Gasteiger partial charge in [-0.1, -0.05) is 12.1 Å². The monoisotopic (exact) mass is 185 g/mol. The number of nitrogen functional groups attached to an aromatic ring is 1. The average Bonchev–Trinajstić information content (AvgIpc) is 2.09. The Morgan fingerprint density at radius 3 is 2.75 bits per heavy atom. The highest BCUT2D eigenvalue weighted by atomic mass is 35.5. The van der Waals surface area contributed by atoms with Crippen LogP contribution in [0.2, 0.25) is 0 Å². The molecular weight excluding hydrogens is 178 g/mol. The number of anilines is 1. The van der Waals surface area contributed by atoms with Gasteiger partial charge in [0.2, 0.25) is 0 Å². The van der Waals surface area contributed by atoms with Gasteiger partial charge in [-0.3, -0.25) is 4.79 Å². The van der Waals surface area contributed by atoms with Crippen molar-refractivity contribution in [2.75, 3.05) is 11.6 Å². The maximum absolute atomic E-state index is 10.7. The molecule has 0 fully saturated rings. The molecule has 0 radical (unpaired) electrons. The SMILES string of the molecule is Nc1ccccc1OC(=O)CCl. The summed E-state index contributed by atoms with van der Waals surface area (Å²) in [6, 6.07) is 6.75. The lowest BCUT2D eigenvalue weighted by atomic mass is 10.3. The van der Waals surface area contributed by atoms with E-state index in [1.165, 1.54) is 0 Å². The van der Waals surface area contributed by atoms with E-state index in [0.717, 1.165) is 0 Å². The van der Waals surface area contributed by atoms with E-state index in [9.17, 15) is 4.79 Å². The van der Waals surface area contributed by atoms with Crippen molar-refractivity contribution in [3.8, 4) is 5.75 Å². The molecule has 0 heterocycles. The molecule has 0 aliphatic rings. The maximum Gasteiger partial charge on any atom is 0.326 e. The van der Waals surface area contributed by atoms with Crippen LogP contribution in [0.25, 0.3) is 0 Å². The Kier molecular flexibility index (Phi) is 2.94. The Hall–Kier alpha value is -1.22. The minimum Gasteiger partial charge on any atom is -0.423 e. The van der Waals surface area contributed by atoms with Gasteiger partial charge in [0.25, 0.3) is 0 Å². The zero-order valence-corrected chi connectivity index (χ0v) is 7.04. The fourth-order valence-corrected chi connectivity index (χ4v) is 0.778. The van der Waals surface area contributed by atoms with Crippen LogP contribution in [0.4, 0.5) is 5.69 Å². The van der Waals surface area contributed by atoms with Crippen molar-refractivity contribution < 1.29 is 9.53 Å². The number of carbonyl (C=O) groups excluding carboxylic acids is 1. The smallest absolute Gasteiger partial charge is 0.326 e. The molecule has 0 spiro atoms. The fourth-order valence-electron chi connectivity index (χ4n) is 0.723. The van der Waals surface area contributed by atoms with Gasteiger partial charge in [0.05, 0.1) is 5.69 Å². The van der Waals surface area contributed by atoms with E-state index in [4.69, 9.17) is 22.1 Å². The third-order valence-electron chi connectivity index (χ3n) is 1.25. The summed E-state index contributed by atoms with van der Waals surface area (Å²) in [5, 5.41) is 0. The van der Waals surface area contributed by atoms with Crippen LogP contribution >= 0.6 is 11.6 Å². The molecule has 0 bridgehead atoms. The number of esters is 1. The van der Waals surface area contributed by atoms with E-state index in [-0.39, 0.29) is 5.88 Å². The third kappa shape index (κ3) is 2.13. The Morgan fingerprint density at radius 2 is 2.17 bits per heavy atom. The first kappa shape index (κ1) is 8.87. The normalized spacial score (nSPS) is 9.42. The Morgan fingerprint density at radius 1 is 1.50 bits per heavy atom. The zero-order chi connectivity index (χ0) is 8.97. The summed E-state index contributed by atoms with van der Waals surface area (Å²) < 4.78 is 4.80. The zero-order valence-electron chi connectivity index (χ0n) is 6.29. The molecule has 0 atom stereocenters. The Balaban J connectivity index is 2.75. The number of benzene rings is 1. The predicted molar refractivity (Wildman–Crippen MR) is 47.2 cm³/mol. The minimum absolute atomic E-state index is 0.172. The lowest BCUT2D eigenvalue weighted by molar-refractivity contribution is -0.131. The molecule has 0 saturated carbocycles. The second-order valence-electron chi connectivity index (χ2n) is 2.15. The molecule has 12 heavy (non-hydrogen) atoms. The molecule has 2 N–H and O–H groups in total. The molecule has 0 aromatic heterocycles. The molecular formula is C8H8ClNO2. The van der Waals surface area contributed by atoms with Gasteiger partial charge < -0.3 is 10.5 Å². The van der Waals surface area contributed by atoms with Crippen molar-refractivity contribution in [3.05, 3.63) is 24.3 Å². The maximum atomic E-state index is 10.7. The molecule has 0 saturated heterocycles. The molecule has 0 aliphatic carbocycles. The summed E-state index contributed by atoms with van der Waals surface area (Å²) in [5.74, 6) is -0.327. The summed E-state index contributed by atoms with van der Waals surface area (Å²) in [4.78, 5) is 10.7. The van der Waals surface area contributed by atoms with Gasteiger partial charge in [-0.2, -0.15) is 0 Å². The standard InChI is InChI=1S/C8H8ClNO2/c9-5-8(11)12-7-4-2-1-3-6(7)10/h1-4H,5,10H2. The number of para-hydroxylation sites is 2. The number of ether oxygens (including phenoxy) is 1. The van der Waals surface area contributed by atoms with E-state index >= 15 is 0 Å². The number of hydrogen-bond donors (Lipinski definition) is 1. The second kappa shape index (κ2) is 3.97. The van der Waals surface area contributed by atoms with Gasteiger partial charge in [0.1, 0.15) is 5.88 Å². The highest BCUT2D eigenvalue weighted by Gasteiger charge is 2.04. The minimum atomic E-state index is -0.505. The van der Waals surface area contributed by atoms with Crippen LogP contribution in [-0.4, -0.2) is 11.8 Å². The second-order valence-corrected chi connectivity index (χ2v) is 2.41. The van der Waals surface area contributed by atoms with Crippen molar-refractivity contribution in [3.63, 3.8) is 0 Å².